The van der Waals surface area contributed by atoms with Crippen LogP contribution >= 0.6 is 0 Å². The van der Waals surface area contributed by atoms with Gasteiger partial charge in [0.05, 0.1) is 0 Å². The molecular formula is C14H29N. The highest BCUT2D eigenvalue weighted by molar-refractivity contribution is 4.96. The van der Waals surface area contributed by atoms with E-state index in [0.717, 1.165) is 17.9 Å². The van der Waals surface area contributed by atoms with E-state index in [2.05, 4.69) is 46.4 Å². The standard InChI is InChI=1S/C14H29N/c1-7-14(8-13(6)11(2)3)9-15(10-14)12(4)5/h11-13H,7-10H2,1-6H3. The number of hydrogen-bond donors (Lipinski definition) is 0. The van der Waals surface area contributed by atoms with Crippen molar-refractivity contribution in [2.45, 2.75) is 60.4 Å². The molecule has 0 aromatic rings. The second kappa shape index (κ2) is 4.86. The van der Waals surface area contributed by atoms with Gasteiger partial charge in [0.15, 0.2) is 0 Å². The predicted octanol–water partition coefficient (Wildman–Crippen LogP) is 3.79. The lowest BCUT2D eigenvalue weighted by Crippen LogP contribution is -2.59. The fraction of sp³-hybridized carbons (Fsp3) is 1.00. The van der Waals surface area contributed by atoms with Crippen molar-refractivity contribution in [3.05, 3.63) is 0 Å². The maximum Gasteiger partial charge on any atom is 0.00532 e. The quantitative estimate of drug-likeness (QED) is 0.669. The van der Waals surface area contributed by atoms with Gasteiger partial charge in [-0.05, 0) is 43.9 Å². The molecule has 0 N–H and O–H groups in total. The van der Waals surface area contributed by atoms with Gasteiger partial charge in [0.25, 0.3) is 0 Å². The monoisotopic (exact) mass is 211 g/mol. The second-order valence-electron chi connectivity index (χ2n) is 6.28. The molecule has 1 aliphatic heterocycles. The molecule has 0 aliphatic carbocycles. The summed E-state index contributed by atoms with van der Waals surface area (Å²) < 4.78 is 0. The molecule has 1 heteroatoms. The molecule has 1 saturated heterocycles. The molecule has 1 unspecified atom stereocenters. The summed E-state index contributed by atoms with van der Waals surface area (Å²) in [6.07, 6.45) is 2.78. The van der Waals surface area contributed by atoms with Crippen molar-refractivity contribution in [2.75, 3.05) is 13.1 Å². The maximum absolute atomic E-state index is 2.61. The summed E-state index contributed by atoms with van der Waals surface area (Å²) in [4.78, 5) is 2.61. The van der Waals surface area contributed by atoms with E-state index >= 15 is 0 Å². The van der Waals surface area contributed by atoms with E-state index < -0.39 is 0 Å². The van der Waals surface area contributed by atoms with Crippen molar-refractivity contribution in [3.63, 3.8) is 0 Å². The summed E-state index contributed by atoms with van der Waals surface area (Å²) in [5, 5.41) is 0. The van der Waals surface area contributed by atoms with Crippen molar-refractivity contribution in [1.82, 2.24) is 4.90 Å². The predicted molar refractivity (Wildman–Crippen MR) is 68.1 cm³/mol. The van der Waals surface area contributed by atoms with E-state index in [1.54, 1.807) is 0 Å². The smallest absolute Gasteiger partial charge is 0.00532 e. The average molecular weight is 211 g/mol. The van der Waals surface area contributed by atoms with Gasteiger partial charge in [-0.2, -0.15) is 0 Å². The SMILES string of the molecule is CCC1(CC(C)C(C)C)CN(C(C)C)C1. The Morgan fingerprint density at radius 3 is 1.93 bits per heavy atom. The molecule has 0 radical (unpaired) electrons. The van der Waals surface area contributed by atoms with Crippen molar-refractivity contribution < 1.29 is 0 Å². The van der Waals surface area contributed by atoms with Crippen LogP contribution < -0.4 is 0 Å². The van der Waals surface area contributed by atoms with E-state index in [1.165, 1.54) is 25.9 Å². The van der Waals surface area contributed by atoms with Crippen molar-refractivity contribution >= 4 is 0 Å². The van der Waals surface area contributed by atoms with Crippen LogP contribution in [0.25, 0.3) is 0 Å². The van der Waals surface area contributed by atoms with Crippen LogP contribution in [0.5, 0.6) is 0 Å². The zero-order chi connectivity index (χ0) is 11.6. The van der Waals surface area contributed by atoms with Crippen LogP contribution in [0.15, 0.2) is 0 Å². The fourth-order valence-electron chi connectivity index (χ4n) is 2.60. The first-order chi connectivity index (χ1) is 6.90. The lowest BCUT2D eigenvalue weighted by molar-refractivity contribution is -0.0433. The summed E-state index contributed by atoms with van der Waals surface area (Å²) >= 11 is 0. The number of likely N-dealkylation sites (tertiary alicyclic amines) is 1. The van der Waals surface area contributed by atoms with Crippen LogP contribution in [-0.4, -0.2) is 24.0 Å². The van der Waals surface area contributed by atoms with Gasteiger partial charge in [-0.25, -0.2) is 0 Å². The highest BCUT2D eigenvalue weighted by Gasteiger charge is 2.42. The van der Waals surface area contributed by atoms with Crippen LogP contribution in [0, 0.1) is 17.3 Å². The molecule has 1 rings (SSSR count). The summed E-state index contributed by atoms with van der Waals surface area (Å²) in [7, 11) is 0. The van der Waals surface area contributed by atoms with Crippen molar-refractivity contribution in [1.29, 1.82) is 0 Å². The van der Waals surface area contributed by atoms with E-state index in [0.29, 0.717) is 5.41 Å². The van der Waals surface area contributed by atoms with Crippen LogP contribution in [0.2, 0.25) is 0 Å². The fourth-order valence-corrected chi connectivity index (χ4v) is 2.60. The van der Waals surface area contributed by atoms with Crippen molar-refractivity contribution in [3.8, 4) is 0 Å². The third-order valence-electron chi connectivity index (χ3n) is 4.45. The van der Waals surface area contributed by atoms with E-state index in [4.69, 9.17) is 0 Å². The minimum atomic E-state index is 0.647. The third-order valence-corrected chi connectivity index (χ3v) is 4.45. The molecular weight excluding hydrogens is 182 g/mol. The first-order valence-electron chi connectivity index (χ1n) is 6.64. The van der Waals surface area contributed by atoms with Crippen molar-refractivity contribution in [2.24, 2.45) is 17.3 Å². The third kappa shape index (κ3) is 2.96. The Bertz CT molecular complexity index is 190. The molecule has 0 saturated carbocycles. The number of nitrogens with zero attached hydrogens (tertiary/aromatic N) is 1. The molecule has 1 heterocycles. The van der Waals surface area contributed by atoms with Gasteiger partial charge < -0.3 is 0 Å². The molecule has 15 heavy (non-hydrogen) atoms. The Labute approximate surface area is 96.2 Å². The number of rotatable bonds is 5. The van der Waals surface area contributed by atoms with Gasteiger partial charge in [-0.3, -0.25) is 4.90 Å². The Balaban J connectivity index is 2.45. The summed E-state index contributed by atoms with van der Waals surface area (Å²) in [5.41, 5.74) is 0.647. The minimum Gasteiger partial charge on any atom is -0.300 e. The van der Waals surface area contributed by atoms with E-state index in [-0.39, 0.29) is 0 Å². The first-order valence-corrected chi connectivity index (χ1v) is 6.64. The molecule has 0 aromatic carbocycles. The largest absolute Gasteiger partial charge is 0.300 e. The van der Waals surface area contributed by atoms with Gasteiger partial charge in [0, 0.05) is 19.1 Å². The highest BCUT2D eigenvalue weighted by Crippen LogP contribution is 2.41. The lowest BCUT2D eigenvalue weighted by atomic mass is 9.69. The highest BCUT2D eigenvalue weighted by atomic mass is 15.2. The zero-order valence-corrected chi connectivity index (χ0v) is 11.5. The Morgan fingerprint density at radius 1 is 1.07 bits per heavy atom. The molecule has 90 valence electrons. The van der Waals surface area contributed by atoms with Crippen LogP contribution in [-0.2, 0) is 0 Å². The van der Waals surface area contributed by atoms with E-state index in [1.807, 2.05) is 0 Å². The molecule has 0 bridgehead atoms. The minimum absolute atomic E-state index is 0.647. The molecule has 0 amide bonds. The molecule has 1 fully saturated rings. The molecule has 0 aromatic heterocycles. The first kappa shape index (κ1) is 13.0. The second-order valence-corrected chi connectivity index (χ2v) is 6.28. The summed E-state index contributed by atoms with van der Waals surface area (Å²) in [6, 6.07) is 0.735. The zero-order valence-electron chi connectivity index (χ0n) is 11.5. The normalized spacial score (nSPS) is 23.2. The number of hydrogen-bond acceptors (Lipinski definition) is 1. The molecule has 0 spiro atoms. The summed E-state index contributed by atoms with van der Waals surface area (Å²) in [6.45, 7) is 16.8. The van der Waals surface area contributed by atoms with Crippen LogP contribution in [0.1, 0.15) is 54.4 Å². The van der Waals surface area contributed by atoms with Gasteiger partial charge in [0.2, 0.25) is 0 Å². The maximum atomic E-state index is 2.61. The van der Waals surface area contributed by atoms with E-state index in [9.17, 15) is 0 Å². The Hall–Kier alpha value is -0.0400. The molecule has 1 aliphatic rings. The molecule has 1 atom stereocenters. The van der Waals surface area contributed by atoms with Crippen LogP contribution in [0.3, 0.4) is 0 Å². The Morgan fingerprint density at radius 2 is 1.60 bits per heavy atom. The van der Waals surface area contributed by atoms with Gasteiger partial charge in [-0.1, -0.05) is 27.7 Å². The molecule has 1 nitrogen and oxygen atoms in total. The topological polar surface area (TPSA) is 3.24 Å². The lowest BCUT2D eigenvalue weighted by Gasteiger charge is -2.53. The van der Waals surface area contributed by atoms with Gasteiger partial charge in [0.1, 0.15) is 0 Å². The summed E-state index contributed by atoms with van der Waals surface area (Å²) in [5.74, 6) is 1.71. The van der Waals surface area contributed by atoms with Crippen LogP contribution in [0.4, 0.5) is 0 Å². The average Bonchev–Trinajstić information content (AvgIpc) is 2.09. The Kier molecular flexibility index (Phi) is 4.22. The van der Waals surface area contributed by atoms with Gasteiger partial charge >= 0.3 is 0 Å². The van der Waals surface area contributed by atoms with Gasteiger partial charge in [-0.15, -0.1) is 0 Å².